The molecule has 19 nitrogen and oxygen atoms in total. The van der Waals surface area contributed by atoms with Gasteiger partial charge < -0.3 is 40.4 Å². The Morgan fingerprint density at radius 3 is 2.38 bits per heavy atom. The molecule has 77 heavy (non-hydrogen) atoms. The third-order valence-corrected chi connectivity index (χ3v) is 16.0. The van der Waals surface area contributed by atoms with E-state index in [9.17, 15) is 29.1 Å². The summed E-state index contributed by atoms with van der Waals surface area (Å²) in [5.74, 6) is -0.914. The topological polar surface area (TPSA) is 220 Å². The molecule has 0 spiro atoms. The Morgan fingerprint density at radius 2 is 1.64 bits per heavy atom. The lowest BCUT2D eigenvalue weighted by Crippen LogP contribution is -2.57. The van der Waals surface area contributed by atoms with Crippen LogP contribution in [-0.2, 0) is 43.4 Å². The zero-order valence-electron chi connectivity index (χ0n) is 44.5. The molecule has 0 bridgehead atoms. The number of rotatable bonds is 12. The number of aromatic nitrogens is 5. The van der Waals surface area contributed by atoms with Crippen molar-refractivity contribution < 1.29 is 24.3 Å². The number of piperidine rings is 1. The van der Waals surface area contributed by atoms with Gasteiger partial charge >= 0.3 is 0 Å². The van der Waals surface area contributed by atoms with Crippen LogP contribution < -0.4 is 41.5 Å². The van der Waals surface area contributed by atoms with E-state index in [-0.39, 0.29) is 40.9 Å². The molecule has 2 saturated heterocycles. The van der Waals surface area contributed by atoms with Crippen molar-refractivity contribution in [2.45, 2.75) is 91.1 Å². The quantitative estimate of drug-likeness (QED) is 0.0775. The van der Waals surface area contributed by atoms with Gasteiger partial charge in [0.15, 0.2) is 5.82 Å². The van der Waals surface area contributed by atoms with Crippen LogP contribution in [-0.4, -0.2) is 109 Å². The number of carbonyl (C=O) groups is 4. The van der Waals surface area contributed by atoms with Gasteiger partial charge in [0.1, 0.15) is 11.5 Å². The van der Waals surface area contributed by atoms with Gasteiger partial charge in [0, 0.05) is 112 Å². The second-order valence-electron chi connectivity index (χ2n) is 22.4. The molecule has 1 unspecified atom stereocenters. The molecule has 8 heterocycles. The lowest BCUT2D eigenvalue weighted by Gasteiger charge is -2.47. The van der Waals surface area contributed by atoms with Crippen molar-refractivity contribution in [1.82, 2.24) is 29.0 Å². The molecule has 5 aliphatic rings. The van der Waals surface area contributed by atoms with E-state index in [2.05, 4.69) is 67.2 Å². The van der Waals surface area contributed by atoms with Crippen molar-refractivity contribution >= 4 is 63.7 Å². The van der Waals surface area contributed by atoms with Crippen molar-refractivity contribution in [3.63, 3.8) is 0 Å². The first-order valence-electron chi connectivity index (χ1n) is 26.4. The molecule has 1 atom stereocenters. The van der Waals surface area contributed by atoms with E-state index in [1.807, 2.05) is 44.2 Å². The molecule has 4 aromatic heterocycles. The molecule has 19 heteroatoms. The Labute approximate surface area is 447 Å². The Hall–Kier alpha value is -8.00. The number of benzene rings is 2. The van der Waals surface area contributed by atoms with Crippen LogP contribution in [0.1, 0.15) is 101 Å². The van der Waals surface area contributed by atoms with Crippen molar-refractivity contribution in [3.8, 4) is 11.3 Å². The first-order valence-corrected chi connectivity index (χ1v) is 26.4. The van der Waals surface area contributed by atoms with Crippen molar-refractivity contribution in [3.05, 3.63) is 142 Å². The molecule has 1 aliphatic carbocycles. The molecule has 0 radical (unpaired) electrons. The van der Waals surface area contributed by atoms with Crippen LogP contribution in [0.25, 0.3) is 11.3 Å². The number of aliphatic hydroxyl groups excluding tert-OH is 1. The third-order valence-electron chi connectivity index (χ3n) is 16.0. The molecule has 6 aromatic rings. The summed E-state index contributed by atoms with van der Waals surface area (Å²) in [7, 11) is 1.63. The maximum absolute atomic E-state index is 14.1. The number of hydrogen-bond donors (Lipinski definition) is 4. The van der Waals surface area contributed by atoms with E-state index < -0.39 is 17.7 Å². The SMILES string of the molecule is C=CC(=O)Nc1cc(Nc2nc(-c3ccnc(N4CCn5c(cc6c5CC(C)(C)C6)C4=O)c3CO)cn(C)c2=O)ccc1N1CCN(C2CCN(c3ccc4c(c3)C(=O)N(c3ccnc(C(C)(C)N)c3)C4=O)CC2)CC1C. The molecule has 5 N–H and O–H groups in total. The fourth-order valence-corrected chi connectivity index (χ4v) is 12.1. The fraction of sp³-hybridized carbons (Fsp3) is 0.379. The summed E-state index contributed by atoms with van der Waals surface area (Å²) >= 11 is 0. The molecular weight excluding hydrogens is 975 g/mol. The largest absolute Gasteiger partial charge is 0.392 e. The van der Waals surface area contributed by atoms with Gasteiger partial charge in [-0.25, -0.2) is 14.9 Å². The first kappa shape index (κ1) is 51.1. The smallest absolute Gasteiger partial charge is 0.293 e. The van der Waals surface area contributed by atoms with Gasteiger partial charge in [-0.15, -0.1) is 0 Å². The van der Waals surface area contributed by atoms with Gasteiger partial charge in [0.05, 0.1) is 51.7 Å². The van der Waals surface area contributed by atoms with E-state index in [1.54, 1.807) is 60.9 Å². The summed E-state index contributed by atoms with van der Waals surface area (Å²) in [5.41, 5.74) is 14.3. The average Bonchev–Trinajstić information content (AvgIpc) is 4.12. The lowest BCUT2D eigenvalue weighted by atomic mass is 9.90. The number of pyridine rings is 2. The minimum Gasteiger partial charge on any atom is -0.392 e. The molecular formula is C58H65N13O6. The van der Waals surface area contributed by atoms with Gasteiger partial charge in [0.25, 0.3) is 23.3 Å². The highest BCUT2D eigenvalue weighted by atomic mass is 16.3. The third kappa shape index (κ3) is 9.35. The Morgan fingerprint density at radius 1 is 0.870 bits per heavy atom. The van der Waals surface area contributed by atoms with Crippen LogP contribution in [0.15, 0.2) is 96.7 Å². The maximum Gasteiger partial charge on any atom is 0.293 e. The number of carbonyl (C=O) groups excluding carboxylic acids is 4. The highest BCUT2D eigenvalue weighted by Crippen LogP contribution is 2.41. The minimum atomic E-state index is -0.743. The number of aliphatic hydroxyl groups is 1. The number of nitrogens with one attached hydrogen (secondary N) is 2. The highest BCUT2D eigenvalue weighted by molar-refractivity contribution is 6.34. The second-order valence-corrected chi connectivity index (χ2v) is 22.4. The minimum absolute atomic E-state index is 0.0248. The van der Waals surface area contributed by atoms with Crippen molar-refractivity contribution in [2.24, 2.45) is 18.2 Å². The maximum atomic E-state index is 14.1. The van der Waals surface area contributed by atoms with Gasteiger partial charge in [-0.1, -0.05) is 20.4 Å². The summed E-state index contributed by atoms with van der Waals surface area (Å²) < 4.78 is 3.56. The number of hydrogen-bond acceptors (Lipinski definition) is 14. The van der Waals surface area contributed by atoms with Gasteiger partial charge in [-0.3, -0.25) is 38.8 Å². The highest BCUT2D eigenvalue weighted by Gasteiger charge is 2.40. The van der Waals surface area contributed by atoms with Crippen LogP contribution >= 0.6 is 0 Å². The van der Waals surface area contributed by atoms with E-state index >= 15 is 0 Å². The summed E-state index contributed by atoms with van der Waals surface area (Å²) in [6.07, 6.45) is 9.65. The molecule has 398 valence electrons. The van der Waals surface area contributed by atoms with Crippen LogP contribution in [0.4, 0.5) is 40.1 Å². The van der Waals surface area contributed by atoms with Gasteiger partial charge in [-0.2, -0.15) is 0 Å². The average molecular weight is 1040 g/mol. The summed E-state index contributed by atoms with van der Waals surface area (Å²) in [6, 6.07) is 18.6. The molecule has 4 amide bonds. The second kappa shape index (κ2) is 19.5. The molecule has 0 saturated carbocycles. The van der Waals surface area contributed by atoms with E-state index in [4.69, 9.17) is 10.7 Å². The normalized spacial score (nSPS) is 18.6. The monoisotopic (exact) mass is 1040 g/mol. The molecule has 2 fully saturated rings. The number of aryl methyl sites for hydroxylation is 1. The Balaban J connectivity index is 0.765. The van der Waals surface area contributed by atoms with Gasteiger partial charge in [0.2, 0.25) is 5.91 Å². The number of nitrogens with zero attached hydrogens (tertiary/aromatic N) is 10. The number of nitrogens with two attached hydrogens (primary N) is 1. The summed E-state index contributed by atoms with van der Waals surface area (Å²) in [6.45, 7) is 18.5. The number of anilines is 7. The van der Waals surface area contributed by atoms with Crippen LogP contribution in [0.5, 0.6) is 0 Å². The first-order chi connectivity index (χ1) is 36.8. The number of imide groups is 1. The predicted octanol–water partition coefficient (Wildman–Crippen LogP) is 6.36. The fourth-order valence-electron chi connectivity index (χ4n) is 12.1. The predicted molar refractivity (Wildman–Crippen MR) is 297 cm³/mol. The zero-order valence-corrected chi connectivity index (χ0v) is 44.5. The number of piperazine rings is 1. The van der Waals surface area contributed by atoms with E-state index in [1.165, 1.54) is 26.8 Å². The number of amides is 4. The van der Waals surface area contributed by atoms with Crippen molar-refractivity contribution in [2.75, 3.05) is 69.5 Å². The van der Waals surface area contributed by atoms with Crippen LogP contribution in [0.2, 0.25) is 0 Å². The Bertz CT molecular complexity index is 3480. The summed E-state index contributed by atoms with van der Waals surface area (Å²) in [5, 5.41) is 17.1. The standard InChI is InChI=1S/C58H65N13O6/c1-8-50(73)63-44-26-36(62-51-56(77)65(7)32-45(64-51)40-14-18-61-52(43(40)33-72)70-24-23-69-47(55(70)76)25-35-29-57(3,4)30-48(35)69)9-12-46(44)68-22-21-67(31-34(68)2)37-15-19-66(20-16-37)38-10-11-41-42(27-38)54(75)71(53(41)74)39-13-17-60-49(28-39)58(5,6)59/h8-14,17-18,25-28,32,34,37,72H,1,15-16,19-24,29-31,33,59H2,2-7H3,(H,62,64)(H,63,73). The van der Waals surface area contributed by atoms with E-state index in [0.717, 1.165) is 63.2 Å². The van der Waals surface area contributed by atoms with E-state index in [0.29, 0.717) is 87.9 Å². The van der Waals surface area contributed by atoms with Crippen LogP contribution in [0.3, 0.4) is 0 Å². The molecule has 2 aromatic carbocycles. The molecule has 11 rings (SSSR count). The Kier molecular flexibility index (Phi) is 13.0. The van der Waals surface area contributed by atoms with Crippen LogP contribution in [0, 0.1) is 5.41 Å². The van der Waals surface area contributed by atoms with Gasteiger partial charge in [-0.05, 0) is 124 Å². The number of fused-ring (bicyclic) bond motifs is 4. The lowest BCUT2D eigenvalue weighted by molar-refractivity contribution is -0.111. The molecule has 4 aliphatic heterocycles. The van der Waals surface area contributed by atoms with Crippen molar-refractivity contribution in [1.29, 1.82) is 0 Å². The zero-order chi connectivity index (χ0) is 54.2. The summed E-state index contributed by atoms with van der Waals surface area (Å²) in [4.78, 5) is 91.8.